The van der Waals surface area contributed by atoms with Gasteiger partial charge in [-0.1, -0.05) is 12.8 Å². The van der Waals surface area contributed by atoms with Crippen LogP contribution in [0.25, 0.3) is 0 Å². The van der Waals surface area contributed by atoms with E-state index < -0.39 is 0 Å². The van der Waals surface area contributed by atoms with Gasteiger partial charge in [-0.05, 0) is 31.7 Å². The Labute approximate surface area is 63.0 Å². The van der Waals surface area contributed by atoms with E-state index in [9.17, 15) is 0 Å². The average Bonchev–Trinajstić information content (AvgIpc) is 1.88. The highest BCUT2D eigenvalue weighted by Gasteiger charge is 2.17. The van der Waals surface area contributed by atoms with E-state index in [1.54, 1.807) is 0 Å². The van der Waals surface area contributed by atoms with Gasteiger partial charge in [0.2, 0.25) is 0 Å². The van der Waals surface area contributed by atoms with Crippen LogP contribution in [0, 0.1) is 5.92 Å². The molecule has 1 rings (SSSR count). The summed E-state index contributed by atoms with van der Waals surface area (Å²) in [6, 6.07) is 0.463. The molecule has 0 saturated heterocycles. The predicted molar refractivity (Wildman–Crippen MR) is 43.6 cm³/mol. The fraction of sp³-hybridized carbons (Fsp3) is 1.00. The van der Waals surface area contributed by atoms with Crippen LogP contribution in [0.4, 0.5) is 0 Å². The molecule has 1 fully saturated rings. The minimum atomic E-state index is 0.463. The highest BCUT2D eigenvalue weighted by atomic mass is 14.6. The van der Waals surface area contributed by atoms with Crippen molar-refractivity contribution in [3.63, 3.8) is 0 Å². The van der Waals surface area contributed by atoms with Crippen LogP contribution in [0.1, 0.15) is 32.1 Å². The topological polar surface area (TPSA) is 52.0 Å². The van der Waals surface area contributed by atoms with E-state index in [1.807, 2.05) is 0 Å². The Kier molecular flexibility index (Phi) is 3.16. The van der Waals surface area contributed by atoms with Gasteiger partial charge in [0.05, 0.1) is 0 Å². The van der Waals surface area contributed by atoms with Crippen molar-refractivity contribution >= 4 is 0 Å². The van der Waals surface area contributed by atoms with Crippen molar-refractivity contribution in [2.45, 2.75) is 38.1 Å². The number of nitrogens with two attached hydrogens (primary N) is 2. The van der Waals surface area contributed by atoms with E-state index in [0.29, 0.717) is 6.04 Å². The summed E-state index contributed by atoms with van der Waals surface area (Å²) >= 11 is 0. The van der Waals surface area contributed by atoms with E-state index in [0.717, 1.165) is 12.5 Å². The molecule has 0 aliphatic heterocycles. The third-order valence-corrected chi connectivity index (χ3v) is 2.40. The lowest BCUT2D eigenvalue weighted by Crippen LogP contribution is -2.28. The molecule has 2 nitrogen and oxygen atoms in total. The van der Waals surface area contributed by atoms with Crippen LogP contribution >= 0.6 is 0 Å². The minimum absolute atomic E-state index is 0.463. The van der Waals surface area contributed by atoms with Crippen LogP contribution in [-0.2, 0) is 0 Å². The van der Waals surface area contributed by atoms with Gasteiger partial charge in [0.1, 0.15) is 0 Å². The first-order valence-electron chi connectivity index (χ1n) is 4.28. The largest absolute Gasteiger partial charge is 0.330 e. The van der Waals surface area contributed by atoms with Crippen molar-refractivity contribution in [2.24, 2.45) is 17.4 Å². The molecule has 0 radical (unpaired) electrons. The molecular formula is C8H18N2. The van der Waals surface area contributed by atoms with E-state index >= 15 is 0 Å². The molecule has 1 saturated carbocycles. The maximum absolute atomic E-state index is 5.81. The van der Waals surface area contributed by atoms with Gasteiger partial charge in [0, 0.05) is 6.04 Å². The number of hydrogen-bond donors (Lipinski definition) is 2. The van der Waals surface area contributed by atoms with Crippen LogP contribution < -0.4 is 11.5 Å². The van der Waals surface area contributed by atoms with Gasteiger partial charge in [-0.3, -0.25) is 0 Å². The molecule has 0 bridgehead atoms. The first-order valence-corrected chi connectivity index (χ1v) is 4.28. The Balaban J connectivity index is 2.18. The van der Waals surface area contributed by atoms with Crippen LogP contribution in [0.15, 0.2) is 0 Å². The second-order valence-electron chi connectivity index (χ2n) is 3.37. The van der Waals surface area contributed by atoms with Crippen LogP contribution in [-0.4, -0.2) is 12.6 Å². The molecule has 0 heterocycles. The lowest BCUT2D eigenvalue weighted by molar-refractivity contribution is 0.310. The summed E-state index contributed by atoms with van der Waals surface area (Å²) in [5.41, 5.74) is 11.3. The molecule has 0 spiro atoms. The van der Waals surface area contributed by atoms with E-state index in [1.165, 1.54) is 32.1 Å². The maximum Gasteiger partial charge on any atom is 0.00414 e. The van der Waals surface area contributed by atoms with Crippen molar-refractivity contribution in [3.8, 4) is 0 Å². The monoisotopic (exact) mass is 142 g/mol. The molecule has 2 atom stereocenters. The van der Waals surface area contributed by atoms with Gasteiger partial charge in [0.15, 0.2) is 0 Å². The third-order valence-electron chi connectivity index (χ3n) is 2.40. The number of hydrogen-bond acceptors (Lipinski definition) is 2. The lowest BCUT2D eigenvalue weighted by atomic mass is 9.84. The van der Waals surface area contributed by atoms with Gasteiger partial charge >= 0.3 is 0 Å². The quantitative estimate of drug-likeness (QED) is 0.600. The van der Waals surface area contributed by atoms with Crippen LogP contribution in [0.2, 0.25) is 0 Å². The van der Waals surface area contributed by atoms with Gasteiger partial charge in [-0.25, -0.2) is 0 Å². The average molecular weight is 142 g/mol. The first-order chi connectivity index (χ1) is 4.83. The summed E-state index contributed by atoms with van der Waals surface area (Å²) in [7, 11) is 0. The predicted octanol–water partition coefficient (Wildman–Crippen LogP) is 0.853. The molecule has 0 aromatic heterocycles. The second-order valence-corrected chi connectivity index (χ2v) is 3.37. The Morgan fingerprint density at radius 2 is 2.10 bits per heavy atom. The molecule has 0 amide bonds. The van der Waals surface area contributed by atoms with Crippen molar-refractivity contribution in [3.05, 3.63) is 0 Å². The molecule has 4 N–H and O–H groups in total. The molecular weight excluding hydrogens is 124 g/mol. The lowest BCUT2D eigenvalue weighted by Gasteiger charge is -2.25. The van der Waals surface area contributed by atoms with Crippen molar-refractivity contribution in [1.82, 2.24) is 0 Å². The summed E-state index contributed by atoms with van der Waals surface area (Å²) in [5, 5.41) is 0. The van der Waals surface area contributed by atoms with Crippen molar-refractivity contribution in [1.29, 1.82) is 0 Å². The van der Waals surface area contributed by atoms with Gasteiger partial charge in [-0.2, -0.15) is 0 Å². The summed E-state index contributed by atoms with van der Waals surface area (Å²) in [6.07, 6.45) is 6.27. The van der Waals surface area contributed by atoms with Gasteiger partial charge < -0.3 is 11.5 Å². The standard InChI is InChI=1S/C8H18N2/c9-5-4-7-2-1-3-8(10)6-7/h7-8H,1-6,9-10H2. The van der Waals surface area contributed by atoms with Crippen LogP contribution in [0.3, 0.4) is 0 Å². The summed E-state index contributed by atoms with van der Waals surface area (Å²) in [5.74, 6) is 0.828. The SMILES string of the molecule is NCCC1CCCC(N)C1. The zero-order valence-corrected chi connectivity index (χ0v) is 6.55. The summed E-state index contributed by atoms with van der Waals surface area (Å²) < 4.78 is 0. The zero-order chi connectivity index (χ0) is 7.40. The van der Waals surface area contributed by atoms with Crippen molar-refractivity contribution < 1.29 is 0 Å². The molecule has 2 heteroatoms. The molecule has 60 valence electrons. The Bertz CT molecular complexity index is 91.3. The van der Waals surface area contributed by atoms with Crippen LogP contribution in [0.5, 0.6) is 0 Å². The fourth-order valence-electron chi connectivity index (χ4n) is 1.83. The maximum atomic E-state index is 5.81. The van der Waals surface area contributed by atoms with Gasteiger partial charge in [-0.15, -0.1) is 0 Å². The van der Waals surface area contributed by atoms with Crippen molar-refractivity contribution in [2.75, 3.05) is 6.54 Å². The van der Waals surface area contributed by atoms with Gasteiger partial charge in [0.25, 0.3) is 0 Å². The normalized spacial score (nSPS) is 34.2. The van der Waals surface area contributed by atoms with E-state index in [2.05, 4.69) is 0 Å². The smallest absolute Gasteiger partial charge is 0.00414 e. The first kappa shape index (κ1) is 8.02. The number of rotatable bonds is 2. The summed E-state index contributed by atoms with van der Waals surface area (Å²) in [4.78, 5) is 0. The zero-order valence-electron chi connectivity index (χ0n) is 6.55. The Morgan fingerprint density at radius 1 is 1.30 bits per heavy atom. The highest BCUT2D eigenvalue weighted by Crippen LogP contribution is 2.24. The molecule has 1 aliphatic rings. The Morgan fingerprint density at radius 3 is 2.70 bits per heavy atom. The third kappa shape index (κ3) is 2.27. The minimum Gasteiger partial charge on any atom is -0.330 e. The fourth-order valence-corrected chi connectivity index (χ4v) is 1.83. The second kappa shape index (κ2) is 3.94. The molecule has 0 aromatic rings. The molecule has 2 unspecified atom stereocenters. The Hall–Kier alpha value is -0.0800. The molecule has 10 heavy (non-hydrogen) atoms. The van der Waals surface area contributed by atoms with E-state index in [-0.39, 0.29) is 0 Å². The molecule has 1 aliphatic carbocycles. The highest BCUT2D eigenvalue weighted by molar-refractivity contribution is 4.74. The van der Waals surface area contributed by atoms with E-state index in [4.69, 9.17) is 11.5 Å². The molecule has 0 aromatic carbocycles. The summed E-state index contributed by atoms with van der Waals surface area (Å²) in [6.45, 7) is 0.831.